The van der Waals surface area contributed by atoms with E-state index in [1.807, 2.05) is 0 Å². The van der Waals surface area contributed by atoms with Gasteiger partial charge in [-0.15, -0.1) is 0 Å². The molecule has 1 rings (SSSR count). The van der Waals surface area contributed by atoms with Gasteiger partial charge in [0.2, 0.25) is 0 Å². The standard InChI is InChI=1S/C10F18/c11-2-1(4(12,13)7(18,19)5(2,14)15)3(8(20,21)22,9(23,24)25)6(16,17)10(26,27)28. The summed E-state index contributed by atoms with van der Waals surface area (Å²) >= 11 is 0. The number of allylic oxidation sites excluding steroid dienone is 2. The highest BCUT2D eigenvalue weighted by Gasteiger charge is 2.97. The molecule has 0 heterocycles. The molecule has 28 heavy (non-hydrogen) atoms. The van der Waals surface area contributed by atoms with Gasteiger partial charge in [-0.05, 0) is 0 Å². The summed E-state index contributed by atoms with van der Waals surface area (Å²) < 4.78 is 232. The van der Waals surface area contributed by atoms with Crippen LogP contribution in [0.1, 0.15) is 0 Å². The van der Waals surface area contributed by atoms with Crippen LogP contribution in [0.2, 0.25) is 0 Å². The van der Waals surface area contributed by atoms with E-state index in [-0.39, 0.29) is 0 Å². The number of hydrogen-bond donors (Lipinski definition) is 0. The van der Waals surface area contributed by atoms with E-state index < -0.39 is 59.0 Å². The number of rotatable bonds is 2. The Labute approximate surface area is 139 Å². The average Bonchev–Trinajstić information content (AvgIpc) is 2.45. The zero-order valence-electron chi connectivity index (χ0n) is 11.8. The summed E-state index contributed by atoms with van der Waals surface area (Å²) in [4.78, 5) is 0. The lowest BCUT2D eigenvalue weighted by Gasteiger charge is -2.44. The smallest absolute Gasteiger partial charge is 0.205 e. The molecule has 0 aliphatic heterocycles. The molecule has 166 valence electrons. The highest BCUT2D eigenvalue weighted by Crippen LogP contribution is 2.74. The highest BCUT2D eigenvalue weighted by atomic mass is 19.4. The second-order valence-corrected chi connectivity index (χ2v) is 5.23. The van der Waals surface area contributed by atoms with Crippen LogP contribution in [-0.4, -0.2) is 42.2 Å². The Morgan fingerprint density at radius 2 is 0.821 bits per heavy atom. The maximum absolute atomic E-state index is 13.4. The first-order valence-corrected chi connectivity index (χ1v) is 5.90. The third-order valence-electron chi connectivity index (χ3n) is 3.65. The third kappa shape index (κ3) is 2.43. The maximum Gasteiger partial charge on any atom is 0.455 e. The Morgan fingerprint density at radius 1 is 0.500 bits per heavy atom. The van der Waals surface area contributed by atoms with E-state index in [0.717, 1.165) is 0 Å². The second-order valence-electron chi connectivity index (χ2n) is 5.23. The highest BCUT2D eigenvalue weighted by molar-refractivity contribution is 5.45. The van der Waals surface area contributed by atoms with Gasteiger partial charge in [0.25, 0.3) is 5.41 Å². The van der Waals surface area contributed by atoms with Crippen LogP contribution >= 0.6 is 0 Å². The van der Waals surface area contributed by atoms with Crippen LogP contribution in [0.25, 0.3) is 0 Å². The van der Waals surface area contributed by atoms with Crippen molar-refractivity contribution in [1.82, 2.24) is 0 Å². The lowest BCUT2D eigenvalue weighted by molar-refractivity contribution is -0.440. The van der Waals surface area contributed by atoms with Gasteiger partial charge in [-0.2, -0.15) is 74.6 Å². The molecule has 0 bridgehead atoms. The monoisotopic (exact) mass is 462 g/mol. The van der Waals surface area contributed by atoms with E-state index in [9.17, 15) is 79.0 Å². The van der Waals surface area contributed by atoms with Crippen molar-refractivity contribution < 1.29 is 79.0 Å². The SMILES string of the molecule is FC1=C(C(C(F)(F)F)(C(F)(F)F)C(F)(F)C(F)(F)F)C(F)(F)C(F)(F)C1(F)F. The van der Waals surface area contributed by atoms with Crippen molar-refractivity contribution in [3.8, 4) is 0 Å². The summed E-state index contributed by atoms with van der Waals surface area (Å²) in [5, 5.41) is 0. The van der Waals surface area contributed by atoms with E-state index in [1.165, 1.54) is 0 Å². The third-order valence-corrected chi connectivity index (χ3v) is 3.65. The van der Waals surface area contributed by atoms with Crippen molar-refractivity contribution in [1.29, 1.82) is 0 Å². The minimum atomic E-state index is -8.54. The fourth-order valence-electron chi connectivity index (χ4n) is 2.36. The van der Waals surface area contributed by atoms with Crippen molar-refractivity contribution in [2.75, 3.05) is 0 Å². The Bertz CT molecular complexity index is 652. The zero-order chi connectivity index (χ0) is 23.2. The molecule has 0 saturated carbocycles. The van der Waals surface area contributed by atoms with Crippen LogP contribution in [0.15, 0.2) is 11.4 Å². The molecule has 0 aromatic heterocycles. The number of halogens is 18. The molecule has 0 aromatic carbocycles. The van der Waals surface area contributed by atoms with Gasteiger partial charge in [0, 0.05) is 0 Å². The molecule has 0 radical (unpaired) electrons. The van der Waals surface area contributed by atoms with Crippen LogP contribution in [0.3, 0.4) is 0 Å². The van der Waals surface area contributed by atoms with Crippen LogP contribution in [-0.2, 0) is 0 Å². The van der Waals surface area contributed by atoms with E-state index >= 15 is 0 Å². The fraction of sp³-hybridized carbons (Fsp3) is 0.800. The molecular weight excluding hydrogens is 462 g/mol. The minimum Gasteiger partial charge on any atom is -0.205 e. The van der Waals surface area contributed by atoms with Crippen LogP contribution in [0.5, 0.6) is 0 Å². The number of alkyl halides is 17. The minimum absolute atomic E-state index is 5.12. The molecule has 0 spiro atoms. The quantitative estimate of drug-likeness (QED) is 0.415. The lowest BCUT2D eigenvalue weighted by atomic mass is 9.70. The normalized spacial score (nSPS) is 23.4. The second kappa shape index (κ2) is 5.54. The summed E-state index contributed by atoms with van der Waals surface area (Å²) in [7, 11) is 0. The topological polar surface area (TPSA) is 0 Å². The molecule has 0 saturated heterocycles. The van der Waals surface area contributed by atoms with Gasteiger partial charge >= 0.3 is 42.2 Å². The van der Waals surface area contributed by atoms with Gasteiger partial charge in [-0.3, -0.25) is 0 Å². The summed E-state index contributed by atoms with van der Waals surface area (Å²) in [5.74, 6) is -36.3. The molecule has 0 nitrogen and oxygen atoms in total. The van der Waals surface area contributed by atoms with Gasteiger partial charge < -0.3 is 0 Å². The molecule has 0 unspecified atom stereocenters. The Balaban J connectivity index is 4.39. The van der Waals surface area contributed by atoms with Crippen molar-refractivity contribution >= 4 is 0 Å². The van der Waals surface area contributed by atoms with E-state index in [1.54, 1.807) is 0 Å². The molecule has 0 aromatic rings. The van der Waals surface area contributed by atoms with Gasteiger partial charge in [0.15, 0.2) is 5.83 Å². The fourth-order valence-corrected chi connectivity index (χ4v) is 2.36. The Kier molecular flexibility index (Phi) is 4.85. The molecular formula is C10F18. The zero-order valence-corrected chi connectivity index (χ0v) is 11.8. The van der Waals surface area contributed by atoms with Crippen molar-refractivity contribution in [3.63, 3.8) is 0 Å². The first kappa shape index (κ1) is 24.5. The molecule has 1 aliphatic carbocycles. The molecule has 18 heteroatoms. The van der Waals surface area contributed by atoms with E-state index in [0.29, 0.717) is 0 Å². The van der Waals surface area contributed by atoms with Gasteiger partial charge in [-0.25, -0.2) is 4.39 Å². The molecule has 0 amide bonds. The van der Waals surface area contributed by atoms with Gasteiger partial charge in [0.1, 0.15) is 0 Å². The van der Waals surface area contributed by atoms with Crippen LogP contribution in [0.4, 0.5) is 79.0 Å². The van der Waals surface area contributed by atoms with Gasteiger partial charge in [0.05, 0.1) is 5.57 Å². The van der Waals surface area contributed by atoms with Crippen LogP contribution in [0, 0.1) is 5.41 Å². The molecule has 1 aliphatic rings. The Hall–Kier alpha value is -1.52. The first-order chi connectivity index (χ1) is 11.8. The summed E-state index contributed by atoms with van der Waals surface area (Å²) in [6, 6.07) is 0. The predicted molar refractivity (Wildman–Crippen MR) is 48.5 cm³/mol. The van der Waals surface area contributed by atoms with Crippen molar-refractivity contribution in [3.05, 3.63) is 11.4 Å². The largest absolute Gasteiger partial charge is 0.455 e. The maximum atomic E-state index is 13.4. The molecule has 0 N–H and O–H groups in total. The summed E-state index contributed by atoms with van der Waals surface area (Å²) in [5.41, 5.74) is -14.0. The van der Waals surface area contributed by atoms with Crippen molar-refractivity contribution in [2.24, 2.45) is 5.41 Å². The number of hydrogen-bond acceptors (Lipinski definition) is 0. The van der Waals surface area contributed by atoms with E-state index in [2.05, 4.69) is 0 Å². The lowest BCUT2D eigenvalue weighted by Crippen LogP contribution is -2.69. The predicted octanol–water partition coefficient (Wildman–Crippen LogP) is 6.44. The Morgan fingerprint density at radius 3 is 1.00 bits per heavy atom. The summed E-state index contributed by atoms with van der Waals surface area (Å²) in [6.07, 6.45) is -24.8. The average molecular weight is 462 g/mol. The van der Waals surface area contributed by atoms with Crippen molar-refractivity contribution in [2.45, 2.75) is 42.2 Å². The van der Waals surface area contributed by atoms with Gasteiger partial charge in [-0.1, -0.05) is 0 Å². The molecule has 0 atom stereocenters. The summed E-state index contributed by atoms with van der Waals surface area (Å²) in [6.45, 7) is 0. The first-order valence-electron chi connectivity index (χ1n) is 5.90. The van der Waals surface area contributed by atoms with Crippen LogP contribution < -0.4 is 0 Å². The van der Waals surface area contributed by atoms with E-state index in [4.69, 9.17) is 0 Å². The molecule has 0 fully saturated rings.